The summed E-state index contributed by atoms with van der Waals surface area (Å²) in [5.41, 5.74) is 3.20. The van der Waals surface area contributed by atoms with Crippen molar-refractivity contribution in [3.05, 3.63) is 89.5 Å². The topological polar surface area (TPSA) is 97.7 Å². The van der Waals surface area contributed by atoms with E-state index >= 15 is 0 Å². The van der Waals surface area contributed by atoms with Gasteiger partial charge in [0.05, 0.1) is 24.6 Å². The molecular weight excluding hydrogens is 573 g/mol. The smallest absolute Gasteiger partial charge is 0.411 e. The third-order valence-electron chi connectivity index (χ3n) is 6.25. The number of hydrogen-bond donors (Lipinski definition) is 1. The predicted octanol–water partition coefficient (Wildman–Crippen LogP) is 5.48. The van der Waals surface area contributed by atoms with Crippen LogP contribution < -0.4 is 9.64 Å². The monoisotopic (exact) mass is 602 g/mol. The number of thioether (sulfide) groups is 1. The Morgan fingerprint density at radius 3 is 2.48 bits per heavy atom. The van der Waals surface area contributed by atoms with Gasteiger partial charge < -0.3 is 24.3 Å². The molecule has 1 amide bonds. The summed E-state index contributed by atoms with van der Waals surface area (Å²) >= 11 is 1.41. The summed E-state index contributed by atoms with van der Waals surface area (Å²) < 4.78 is 53.3. The van der Waals surface area contributed by atoms with Crippen molar-refractivity contribution in [2.45, 2.75) is 30.5 Å². The molecule has 0 aliphatic carbocycles. The standard InChI is InChI=1S/C30H29F3N2O6S/c1-2-39-29(37)25(41-19-30(31,32)33)16-20-8-11-23(12-9-20)40-15-14-35-24-13-10-22(17-26(24)42-18-27(35)36)28(34-38)21-6-4-3-5-7-21/h3-13,17,25,38H,2,14-16,18-19H2,1H3. The normalized spacial score (nSPS) is 14.3. The first-order valence-corrected chi connectivity index (χ1v) is 14.1. The van der Waals surface area contributed by atoms with E-state index in [2.05, 4.69) is 5.16 Å². The Labute approximate surface area is 245 Å². The SMILES string of the molecule is CCOC(=O)C(Cc1ccc(OCCN2C(=O)CSc3cc(C(=NO)c4ccccc4)ccc32)cc1)OCC(F)(F)F. The summed E-state index contributed by atoms with van der Waals surface area (Å²) in [6.07, 6.45) is -6.06. The highest BCUT2D eigenvalue weighted by molar-refractivity contribution is 8.00. The molecule has 3 aromatic carbocycles. The first-order chi connectivity index (χ1) is 20.2. The minimum atomic E-state index is -4.57. The lowest BCUT2D eigenvalue weighted by Crippen LogP contribution is -2.38. The number of hydrogen-bond acceptors (Lipinski definition) is 8. The molecule has 0 fully saturated rings. The Kier molecular flexibility index (Phi) is 10.5. The van der Waals surface area contributed by atoms with Crippen LogP contribution in [0.3, 0.4) is 0 Å². The maximum atomic E-state index is 12.7. The number of halogens is 3. The summed E-state index contributed by atoms with van der Waals surface area (Å²) in [6.45, 7) is 0.491. The van der Waals surface area contributed by atoms with Crippen molar-refractivity contribution in [1.29, 1.82) is 0 Å². The van der Waals surface area contributed by atoms with Gasteiger partial charge in [0.1, 0.15) is 24.7 Å². The third kappa shape index (κ3) is 8.26. The van der Waals surface area contributed by atoms with E-state index in [-0.39, 0.29) is 37.8 Å². The molecule has 1 aliphatic heterocycles. The largest absolute Gasteiger partial charge is 0.492 e. The van der Waals surface area contributed by atoms with Crippen molar-refractivity contribution in [2.75, 3.05) is 37.0 Å². The minimum Gasteiger partial charge on any atom is -0.492 e. The predicted molar refractivity (Wildman–Crippen MR) is 151 cm³/mol. The fourth-order valence-electron chi connectivity index (χ4n) is 4.31. The van der Waals surface area contributed by atoms with Gasteiger partial charge in [0.25, 0.3) is 0 Å². The van der Waals surface area contributed by atoms with Crippen LogP contribution in [0.4, 0.5) is 18.9 Å². The molecule has 0 saturated heterocycles. The highest BCUT2D eigenvalue weighted by atomic mass is 32.2. The molecule has 222 valence electrons. The number of oxime groups is 1. The van der Waals surface area contributed by atoms with Crippen molar-refractivity contribution in [3.8, 4) is 5.75 Å². The third-order valence-corrected chi connectivity index (χ3v) is 7.28. The number of anilines is 1. The van der Waals surface area contributed by atoms with Crippen LogP contribution in [0.15, 0.2) is 82.8 Å². The van der Waals surface area contributed by atoms with Gasteiger partial charge in [-0.2, -0.15) is 13.2 Å². The number of esters is 1. The number of nitrogens with zero attached hydrogens (tertiary/aromatic N) is 2. The number of fused-ring (bicyclic) bond motifs is 1. The van der Waals surface area contributed by atoms with Crippen LogP contribution in [0.2, 0.25) is 0 Å². The molecule has 0 saturated carbocycles. The Hall–Kier alpha value is -4.03. The van der Waals surface area contributed by atoms with Crippen LogP contribution in [-0.4, -0.2) is 67.2 Å². The van der Waals surface area contributed by atoms with Gasteiger partial charge in [-0.1, -0.05) is 53.7 Å². The zero-order valence-corrected chi connectivity index (χ0v) is 23.5. The van der Waals surface area contributed by atoms with Gasteiger partial charge in [0.2, 0.25) is 5.91 Å². The van der Waals surface area contributed by atoms with E-state index in [1.807, 2.05) is 42.5 Å². The summed E-state index contributed by atoms with van der Waals surface area (Å²) in [4.78, 5) is 27.3. The van der Waals surface area contributed by atoms with Crippen molar-refractivity contribution in [1.82, 2.24) is 0 Å². The quantitative estimate of drug-likeness (QED) is 0.127. The molecule has 0 aromatic heterocycles. The lowest BCUT2D eigenvalue weighted by molar-refractivity contribution is -0.194. The van der Waals surface area contributed by atoms with Crippen molar-refractivity contribution < 1.29 is 42.2 Å². The average molecular weight is 603 g/mol. The van der Waals surface area contributed by atoms with Gasteiger partial charge in [0.15, 0.2) is 6.10 Å². The summed E-state index contributed by atoms with van der Waals surface area (Å²) in [5.74, 6) is -0.190. The minimum absolute atomic E-state index is 0.0208. The number of amides is 1. The van der Waals surface area contributed by atoms with E-state index in [1.165, 1.54) is 11.8 Å². The van der Waals surface area contributed by atoms with Gasteiger partial charge in [-0.3, -0.25) is 4.79 Å². The Morgan fingerprint density at radius 1 is 1.07 bits per heavy atom. The fraction of sp³-hybridized carbons (Fsp3) is 0.300. The molecule has 0 radical (unpaired) electrons. The maximum Gasteiger partial charge on any atom is 0.411 e. The lowest BCUT2D eigenvalue weighted by Gasteiger charge is -2.29. The molecule has 3 aromatic rings. The first kappa shape index (κ1) is 30.9. The number of ether oxygens (including phenoxy) is 3. The summed E-state index contributed by atoms with van der Waals surface area (Å²) in [5, 5.41) is 13.1. The average Bonchev–Trinajstić information content (AvgIpc) is 2.97. The molecular formula is C30H29F3N2O6S. The maximum absolute atomic E-state index is 12.7. The van der Waals surface area contributed by atoms with Crippen LogP contribution in [0, 0.1) is 0 Å². The van der Waals surface area contributed by atoms with E-state index in [0.29, 0.717) is 17.0 Å². The van der Waals surface area contributed by atoms with E-state index in [4.69, 9.17) is 14.2 Å². The van der Waals surface area contributed by atoms with Crippen LogP contribution in [0.5, 0.6) is 5.75 Å². The molecule has 1 atom stereocenters. The number of carbonyl (C=O) groups is 2. The molecule has 4 rings (SSSR count). The van der Waals surface area contributed by atoms with Crippen LogP contribution >= 0.6 is 11.8 Å². The van der Waals surface area contributed by atoms with Gasteiger partial charge in [-0.25, -0.2) is 4.79 Å². The Bertz CT molecular complexity index is 1400. The second kappa shape index (κ2) is 14.2. The summed E-state index contributed by atoms with van der Waals surface area (Å²) in [6, 6.07) is 21.3. The molecule has 0 spiro atoms. The molecule has 8 nitrogen and oxygen atoms in total. The van der Waals surface area contributed by atoms with E-state index < -0.39 is 24.9 Å². The molecule has 1 aliphatic rings. The zero-order valence-electron chi connectivity index (χ0n) is 22.7. The number of alkyl halides is 3. The zero-order chi connectivity index (χ0) is 30.1. The molecule has 1 heterocycles. The number of carbonyl (C=O) groups excluding carboxylic acids is 2. The van der Waals surface area contributed by atoms with Gasteiger partial charge in [-0.05, 0) is 36.8 Å². The Balaban J connectivity index is 1.37. The van der Waals surface area contributed by atoms with E-state index in [1.54, 1.807) is 42.2 Å². The van der Waals surface area contributed by atoms with Gasteiger partial charge >= 0.3 is 12.1 Å². The molecule has 42 heavy (non-hydrogen) atoms. The summed E-state index contributed by atoms with van der Waals surface area (Å²) in [7, 11) is 0. The highest BCUT2D eigenvalue weighted by Crippen LogP contribution is 2.36. The lowest BCUT2D eigenvalue weighted by atomic mass is 10.0. The molecule has 12 heteroatoms. The second-order valence-electron chi connectivity index (χ2n) is 9.19. The van der Waals surface area contributed by atoms with Crippen LogP contribution in [0.1, 0.15) is 23.6 Å². The van der Waals surface area contributed by atoms with Crippen molar-refractivity contribution in [3.63, 3.8) is 0 Å². The van der Waals surface area contributed by atoms with Crippen molar-refractivity contribution in [2.24, 2.45) is 5.16 Å². The second-order valence-corrected chi connectivity index (χ2v) is 10.2. The first-order valence-electron chi connectivity index (χ1n) is 13.1. The van der Waals surface area contributed by atoms with Crippen LogP contribution in [-0.2, 0) is 25.5 Å². The Morgan fingerprint density at radius 2 is 1.81 bits per heavy atom. The van der Waals surface area contributed by atoms with Gasteiger partial charge in [0, 0.05) is 22.4 Å². The molecule has 0 bridgehead atoms. The highest BCUT2D eigenvalue weighted by Gasteiger charge is 2.32. The van der Waals surface area contributed by atoms with E-state index in [0.717, 1.165) is 21.7 Å². The molecule has 1 N–H and O–H groups in total. The van der Waals surface area contributed by atoms with E-state index in [9.17, 15) is 28.0 Å². The van der Waals surface area contributed by atoms with Crippen molar-refractivity contribution >= 4 is 35.0 Å². The molecule has 1 unspecified atom stereocenters. The fourth-order valence-corrected chi connectivity index (χ4v) is 5.28. The van der Waals surface area contributed by atoms with Crippen LogP contribution in [0.25, 0.3) is 0 Å². The number of rotatable bonds is 12. The van der Waals surface area contributed by atoms with Gasteiger partial charge in [-0.15, -0.1) is 11.8 Å². The number of benzene rings is 3.